The molecular formula is C13H25ClN2O2. The van der Waals surface area contributed by atoms with Crippen LogP contribution in [0.4, 0.5) is 0 Å². The Morgan fingerprint density at radius 2 is 2.22 bits per heavy atom. The third-order valence-corrected chi connectivity index (χ3v) is 4.18. The highest BCUT2D eigenvalue weighted by Crippen LogP contribution is 2.32. The van der Waals surface area contributed by atoms with E-state index in [1.807, 2.05) is 4.90 Å². The lowest BCUT2D eigenvalue weighted by molar-refractivity contribution is -0.144. The first kappa shape index (κ1) is 15.7. The van der Waals surface area contributed by atoms with Gasteiger partial charge in [0, 0.05) is 19.0 Å². The molecule has 4 nitrogen and oxygen atoms in total. The van der Waals surface area contributed by atoms with Gasteiger partial charge in [-0.25, -0.2) is 0 Å². The molecule has 2 fully saturated rings. The number of nitrogens with zero attached hydrogens (tertiary/aromatic N) is 1. The first-order valence-corrected chi connectivity index (χ1v) is 6.86. The molecule has 1 saturated carbocycles. The highest BCUT2D eigenvalue weighted by molar-refractivity contribution is 5.85. The Labute approximate surface area is 116 Å². The van der Waals surface area contributed by atoms with Crippen molar-refractivity contribution in [3.8, 4) is 0 Å². The molecule has 1 saturated heterocycles. The van der Waals surface area contributed by atoms with Gasteiger partial charge in [0.2, 0.25) is 5.91 Å². The maximum atomic E-state index is 12.4. The number of ether oxygens (including phenoxy) is 1. The molecule has 2 N–H and O–H groups in total. The number of morpholine rings is 1. The van der Waals surface area contributed by atoms with Crippen molar-refractivity contribution in [2.45, 2.75) is 38.7 Å². The molecule has 1 amide bonds. The van der Waals surface area contributed by atoms with Gasteiger partial charge in [-0.05, 0) is 31.7 Å². The number of hydrogen-bond acceptors (Lipinski definition) is 3. The van der Waals surface area contributed by atoms with E-state index < -0.39 is 0 Å². The molecule has 0 aromatic rings. The summed E-state index contributed by atoms with van der Waals surface area (Å²) in [6.45, 7) is 4.96. The molecule has 0 aromatic heterocycles. The minimum atomic E-state index is 0. The fourth-order valence-corrected chi connectivity index (χ4v) is 3.05. The van der Waals surface area contributed by atoms with Crippen LogP contribution in [0.25, 0.3) is 0 Å². The SMILES string of the molecule is CCC1CN(C(=O)[C@@H]2CCC[C@@H]2CN)CCO1.Cl. The monoisotopic (exact) mass is 276 g/mol. The lowest BCUT2D eigenvalue weighted by atomic mass is 9.94. The van der Waals surface area contributed by atoms with Crippen LogP contribution in [-0.4, -0.2) is 43.2 Å². The molecule has 0 radical (unpaired) electrons. The minimum Gasteiger partial charge on any atom is -0.375 e. The minimum absolute atomic E-state index is 0. The van der Waals surface area contributed by atoms with Gasteiger partial charge in [0.05, 0.1) is 12.7 Å². The lowest BCUT2D eigenvalue weighted by Crippen LogP contribution is -2.48. The smallest absolute Gasteiger partial charge is 0.226 e. The van der Waals surface area contributed by atoms with Crippen LogP contribution in [-0.2, 0) is 9.53 Å². The highest BCUT2D eigenvalue weighted by Gasteiger charge is 2.36. The number of carbonyl (C=O) groups excluding carboxylic acids is 1. The van der Waals surface area contributed by atoms with Crippen LogP contribution in [0.2, 0.25) is 0 Å². The van der Waals surface area contributed by atoms with Crippen LogP contribution in [0.5, 0.6) is 0 Å². The quantitative estimate of drug-likeness (QED) is 0.848. The van der Waals surface area contributed by atoms with Crippen molar-refractivity contribution in [3.05, 3.63) is 0 Å². The lowest BCUT2D eigenvalue weighted by Gasteiger charge is -2.35. The van der Waals surface area contributed by atoms with E-state index in [-0.39, 0.29) is 24.4 Å². The van der Waals surface area contributed by atoms with E-state index in [0.29, 0.717) is 25.0 Å². The van der Waals surface area contributed by atoms with Crippen molar-refractivity contribution < 1.29 is 9.53 Å². The molecular weight excluding hydrogens is 252 g/mol. The maximum Gasteiger partial charge on any atom is 0.226 e. The Morgan fingerprint density at radius 1 is 1.44 bits per heavy atom. The van der Waals surface area contributed by atoms with Crippen molar-refractivity contribution in [3.63, 3.8) is 0 Å². The molecule has 2 rings (SSSR count). The number of halogens is 1. The third-order valence-electron chi connectivity index (χ3n) is 4.18. The van der Waals surface area contributed by atoms with E-state index in [9.17, 15) is 4.79 Å². The predicted octanol–water partition coefficient (Wildman–Crippen LogP) is 1.42. The standard InChI is InChI=1S/C13H24N2O2.ClH/c1-2-11-9-15(6-7-17-11)13(16)12-5-3-4-10(12)8-14;/h10-12H,2-9,14H2,1H3;1H/t10-,11?,12-;/m1./s1. The molecule has 0 aromatic carbocycles. The fourth-order valence-electron chi connectivity index (χ4n) is 3.05. The van der Waals surface area contributed by atoms with Crippen molar-refractivity contribution in [2.75, 3.05) is 26.2 Å². The van der Waals surface area contributed by atoms with E-state index in [4.69, 9.17) is 10.5 Å². The molecule has 3 atom stereocenters. The summed E-state index contributed by atoms with van der Waals surface area (Å²) in [5.74, 6) is 0.903. The van der Waals surface area contributed by atoms with Crippen LogP contribution in [0.1, 0.15) is 32.6 Å². The first-order valence-electron chi connectivity index (χ1n) is 6.86. The molecule has 5 heteroatoms. The summed E-state index contributed by atoms with van der Waals surface area (Å²) in [5, 5.41) is 0. The van der Waals surface area contributed by atoms with E-state index in [1.165, 1.54) is 0 Å². The molecule has 1 aliphatic carbocycles. The molecule has 1 aliphatic heterocycles. The van der Waals surface area contributed by atoms with Gasteiger partial charge in [-0.2, -0.15) is 0 Å². The topological polar surface area (TPSA) is 55.6 Å². The van der Waals surface area contributed by atoms with Gasteiger partial charge >= 0.3 is 0 Å². The first-order chi connectivity index (χ1) is 8.26. The van der Waals surface area contributed by atoms with E-state index in [0.717, 1.165) is 38.8 Å². The zero-order valence-electron chi connectivity index (χ0n) is 11.1. The van der Waals surface area contributed by atoms with E-state index >= 15 is 0 Å². The highest BCUT2D eigenvalue weighted by atomic mass is 35.5. The Morgan fingerprint density at radius 3 is 2.89 bits per heavy atom. The summed E-state index contributed by atoms with van der Waals surface area (Å²) in [7, 11) is 0. The second kappa shape index (κ2) is 7.31. The van der Waals surface area contributed by atoms with Crippen LogP contribution >= 0.6 is 12.4 Å². The van der Waals surface area contributed by atoms with Crippen molar-refractivity contribution in [2.24, 2.45) is 17.6 Å². The summed E-state index contributed by atoms with van der Waals surface area (Å²) in [6.07, 6.45) is 4.50. The summed E-state index contributed by atoms with van der Waals surface area (Å²) in [5.41, 5.74) is 5.75. The maximum absolute atomic E-state index is 12.4. The molecule has 0 spiro atoms. The zero-order valence-corrected chi connectivity index (χ0v) is 12.0. The predicted molar refractivity (Wildman–Crippen MR) is 73.7 cm³/mol. The molecule has 1 heterocycles. The third kappa shape index (κ3) is 3.37. The van der Waals surface area contributed by atoms with Crippen molar-refractivity contribution in [1.82, 2.24) is 4.90 Å². The van der Waals surface area contributed by atoms with E-state index in [2.05, 4.69) is 6.92 Å². The molecule has 1 unspecified atom stereocenters. The van der Waals surface area contributed by atoms with Crippen LogP contribution in [0.3, 0.4) is 0 Å². The van der Waals surface area contributed by atoms with Gasteiger partial charge in [0.1, 0.15) is 0 Å². The van der Waals surface area contributed by atoms with Crippen LogP contribution in [0.15, 0.2) is 0 Å². The van der Waals surface area contributed by atoms with Gasteiger partial charge in [0.15, 0.2) is 0 Å². The van der Waals surface area contributed by atoms with Crippen LogP contribution < -0.4 is 5.73 Å². The van der Waals surface area contributed by atoms with Gasteiger partial charge < -0.3 is 15.4 Å². The second-order valence-corrected chi connectivity index (χ2v) is 5.22. The summed E-state index contributed by atoms with van der Waals surface area (Å²) >= 11 is 0. The van der Waals surface area contributed by atoms with Crippen LogP contribution in [0, 0.1) is 11.8 Å². The Hall–Kier alpha value is -0.320. The summed E-state index contributed by atoms with van der Waals surface area (Å²) in [6, 6.07) is 0. The molecule has 0 bridgehead atoms. The number of rotatable bonds is 3. The van der Waals surface area contributed by atoms with Gasteiger partial charge in [-0.3, -0.25) is 4.79 Å². The zero-order chi connectivity index (χ0) is 12.3. The number of hydrogen-bond donors (Lipinski definition) is 1. The second-order valence-electron chi connectivity index (χ2n) is 5.22. The molecule has 106 valence electrons. The molecule has 18 heavy (non-hydrogen) atoms. The Kier molecular flexibility index (Phi) is 6.39. The van der Waals surface area contributed by atoms with Crippen molar-refractivity contribution in [1.29, 1.82) is 0 Å². The average molecular weight is 277 g/mol. The van der Waals surface area contributed by atoms with Gasteiger partial charge in [-0.15, -0.1) is 12.4 Å². The van der Waals surface area contributed by atoms with Crippen molar-refractivity contribution >= 4 is 18.3 Å². The largest absolute Gasteiger partial charge is 0.375 e. The van der Waals surface area contributed by atoms with E-state index in [1.54, 1.807) is 0 Å². The summed E-state index contributed by atoms with van der Waals surface area (Å²) < 4.78 is 5.60. The van der Waals surface area contributed by atoms with Gasteiger partial charge in [0.25, 0.3) is 0 Å². The fraction of sp³-hybridized carbons (Fsp3) is 0.923. The Bertz CT molecular complexity index is 276. The number of nitrogens with two attached hydrogens (primary N) is 1. The summed E-state index contributed by atoms with van der Waals surface area (Å²) in [4.78, 5) is 14.4. The van der Waals surface area contributed by atoms with Gasteiger partial charge in [-0.1, -0.05) is 13.3 Å². The normalized spacial score (nSPS) is 32.1. The Balaban J connectivity index is 0.00000162. The number of carbonyl (C=O) groups is 1. The molecule has 2 aliphatic rings. The number of amides is 1. The average Bonchev–Trinajstić information content (AvgIpc) is 2.86.